The minimum atomic E-state index is -0.581. The van der Waals surface area contributed by atoms with Crippen molar-refractivity contribution in [3.8, 4) is 0 Å². The zero-order valence-electron chi connectivity index (χ0n) is 16.8. The predicted octanol–water partition coefficient (Wildman–Crippen LogP) is 4.23. The van der Waals surface area contributed by atoms with Gasteiger partial charge in [0.1, 0.15) is 6.04 Å². The van der Waals surface area contributed by atoms with E-state index in [1.54, 1.807) is 0 Å². The van der Waals surface area contributed by atoms with E-state index in [1.807, 2.05) is 62.5 Å². The summed E-state index contributed by atoms with van der Waals surface area (Å²) in [6, 6.07) is 15.1. The van der Waals surface area contributed by atoms with Gasteiger partial charge in [-0.05, 0) is 29.2 Å². The van der Waals surface area contributed by atoms with Crippen LogP contribution in [-0.4, -0.2) is 29.4 Å². The van der Waals surface area contributed by atoms with Crippen LogP contribution in [0.25, 0.3) is 10.9 Å². The molecule has 29 heavy (non-hydrogen) atoms. The monoisotopic (exact) mass is 411 g/mol. The van der Waals surface area contributed by atoms with Crippen LogP contribution in [0.4, 0.5) is 0 Å². The molecule has 3 aromatic rings. The highest BCUT2D eigenvalue weighted by Crippen LogP contribution is 2.34. The van der Waals surface area contributed by atoms with Crippen molar-refractivity contribution in [3.05, 3.63) is 70.9 Å². The van der Waals surface area contributed by atoms with Gasteiger partial charge < -0.3 is 15.6 Å². The van der Waals surface area contributed by atoms with Crippen molar-refractivity contribution >= 4 is 34.3 Å². The molecule has 2 atom stereocenters. The van der Waals surface area contributed by atoms with Gasteiger partial charge in [0.2, 0.25) is 11.8 Å². The number of H-pyrrole nitrogens is 1. The summed E-state index contributed by atoms with van der Waals surface area (Å²) in [6.45, 7) is 5.60. The Hall–Kier alpha value is -2.79. The smallest absolute Gasteiger partial charge is 0.242 e. The summed E-state index contributed by atoms with van der Waals surface area (Å²) in [4.78, 5) is 27.6. The van der Waals surface area contributed by atoms with Crippen LogP contribution >= 0.6 is 11.6 Å². The fraction of sp³-hybridized carbons (Fsp3) is 0.304. The maximum Gasteiger partial charge on any atom is 0.242 e. The fourth-order valence-electron chi connectivity index (χ4n) is 3.59. The maximum atomic E-state index is 12.8. The van der Waals surface area contributed by atoms with Gasteiger partial charge in [0, 0.05) is 41.5 Å². The van der Waals surface area contributed by atoms with E-state index in [0.717, 1.165) is 22.0 Å². The summed E-state index contributed by atoms with van der Waals surface area (Å²) in [5.74, 6) is -0.579. The van der Waals surface area contributed by atoms with Crippen molar-refractivity contribution in [3.63, 3.8) is 0 Å². The largest absolute Gasteiger partial charge is 0.361 e. The Bertz CT molecular complexity index is 1010. The average Bonchev–Trinajstić information content (AvgIpc) is 3.11. The summed E-state index contributed by atoms with van der Waals surface area (Å²) < 4.78 is 0. The standard InChI is InChI=1S/C23H26ClN3O2/c1-14(2)22(27-15(3)28)23(29)26-13-18(16-8-4-6-10-20(16)24)19-12-25-21-11-7-5-9-17(19)21/h4-12,14,18,22,25H,13H2,1-3H3,(H,26,29)(H,27,28)/t18-,22-/m0/s1. The van der Waals surface area contributed by atoms with E-state index in [1.165, 1.54) is 6.92 Å². The van der Waals surface area contributed by atoms with E-state index in [4.69, 9.17) is 11.6 Å². The molecule has 0 unspecified atom stereocenters. The SMILES string of the molecule is CC(=O)N[C@H](C(=O)NC[C@@H](c1ccccc1Cl)c1c[nH]c2ccccc12)C(C)C. The Kier molecular flexibility index (Phi) is 6.60. The predicted molar refractivity (Wildman–Crippen MR) is 117 cm³/mol. The molecule has 0 radical (unpaired) electrons. The molecule has 0 spiro atoms. The van der Waals surface area contributed by atoms with Crippen LogP contribution in [0.3, 0.4) is 0 Å². The average molecular weight is 412 g/mol. The number of rotatable bonds is 7. The molecule has 0 aliphatic heterocycles. The van der Waals surface area contributed by atoms with Crippen molar-refractivity contribution in [2.75, 3.05) is 6.54 Å². The van der Waals surface area contributed by atoms with E-state index < -0.39 is 6.04 Å². The van der Waals surface area contributed by atoms with Gasteiger partial charge in [-0.1, -0.05) is 61.8 Å². The van der Waals surface area contributed by atoms with Crippen LogP contribution < -0.4 is 10.6 Å². The molecule has 3 N–H and O–H groups in total. The second-order valence-electron chi connectivity index (χ2n) is 7.53. The van der Waals surface area contributed by atoms with Crippen LogP contribution in [0.1, 0.15) is 37.8 Å². The van der Waals surface area contributed by atoms with Crippen LogP contribution in [0.2, 0.25) is 5.02 Å². The topological polar surface area (TPSA) is 74.0 Å². The summed E-state index contributed by atoms with van der Waals surface area (Å²) in [5, 5.41) is 7.50. The molecule has 0 saturated carbocycles. The minimum absolute atomic E-state index is 0.0225. The van der Waals surface area contributed by atoms with Crippen LogP contribution in [0.5, 0.6) is 0 Å². The molecule has 2 aromatic carbocycles. The van der Waals surface area contributed by atoms with Crippen molar-refractivity contribution < 1.29 is 9.59 Å². The van der Waals surface area contributed by atoms with Crippen LogP contribution in [0.15, 0.2) is 54.7 Å². The number of aromatic amines is 1. The summed E-state index contributed by atoms with van der Waals surface area (Å²) in [7, 11) is 0. The van der Waals surface area contributed by atoms with Gasteiger partial charge in [-0.3, -0.25) is 9.59 Å². The summed E-state index contributed by atoms with van der Waals surface area (Å²) >= 11 is 6.50. The zero-order chi connectivity index (χ0) is 21.0. The third kappa shape index (κ3) is 4.80. The Morgan fingerprint density at radius 2 is 1.72 bits per heavy atom. The highest BCUT2D eigenvalue weighted by molar-refractivity contribution is 6.31. The first-order valence-electron chi connectivity index (χ1n) is 9.73. The normalized spacial score (nSPS) is 13.3. The molecule has 1 aromatic heterocycles. The number of carbonyl (C=O) groups excluding carboxylic acids is 2. The quantitative estimate of drug-likeness (QED) is 0.544. The molecule has 5 nitrogen and oxygen atoms in total. The first-order chi connectivity index (χ1) is 13.9. The molecular formula is C23H26ClN3O2. The van der Waals surface area contributed by atoms with E-state index in [-0.39, 0.29) is 23.7 Å². The lowest BCUT2D eigenvalue weighted by atomic mass is 9.90. The highest BCUT2D eigenvalue weighted by atomic mass is 35.5. The zero-order valence-corrected chi connectivity index (χ0v) is 17.6. The molecule has 0 aliphatic rings. The molecule has 3 rings (SSSR count). The molecule has 0 bridgehead atoms. The minimum Gasteiger partial charge on any atom is -0.361 e. The highest BCUT2D eigenvalue weighted by Gasteiger charge is 2.26. The van der Waals surface area contributed by atoms with Gasteiger partial charge in [0.15, 0.2) is 0 Å². The number of amides is 2. The third-order valence-electron chi connectivity index (χ3n) is 5.07. The molecule has 152 valence electrons. The number of aromatic nitrogens is 1. The summed E-state index contributed by atoms with van der Waals surface area (Å²) in [5.41, 5.74) is 3.04. The first-order valence-corrected chi connectivity index (χ1v) is 10.1. The molecule has 0 saturated heterocycles. The van der Waals surface area contributed by atoms with Gasteiger partial charge in [-0.2, -0.15) is 0 Å². The van der Waals surface area contributed by atoms with Gasteiger partial charge in [-0.25, -0.2) is 0 Å². The lowest BCUT2D eigenvalue weighted by Crippen LogP contribution is -2.49. The van der Waals surface area contributed by atoms with E-state index in [0.29, 0.717) is 11.6 Å². The second kappa shape index (κ2) is 9.14. The molecule has 6 heteroatoms. The Balaban J connectivity index is 1.92. The lowest BCUT2D eigenvalue weighted by Gasteiger charge is -2.24. The number of benzene rings is 2. The van der Waals surface area contributed by atoms with E-state index >= 15 is 0 Å². The van der Waals surface area contributed by atoms with Crippen LogP contribution in [0, 0.1) is 5.92 Å². The van der Waals surface area contributed by atoms with Gasteiger partial charge in [0.05, 0.1) is 0 Å². The summed E-state index contributed by atoms with van der Waals surface area (Å²) in [6.07, 6.45) is 1.97. The number of hydrogen-bond donors (Lipinski definition) is 3. The van der Waals surface area contributed by atoms with Crippen molar-refractivity contribution in [2.45, 2.75) is 32.7 Å². The lowest BCUT2D eigenvalue weighted by molar-refractivity contribution is -0.129. The third-order valence-corrected chi connectivity index (χ3v) is 5.41. The fourth-order valence-corrected chi connectivity index (χ4v) is 3.86. The Morgan fingerprint density at radius 1 is 1.03 bits per heavy atom. The van der Waals surface area contributed by atoms with E-state index in [9.17, 15) is 9.59 Å². The number of nitrogens with one attached hydrogen (secondary N) is 3. The number of para-hydroxylation sites is 1. The Morgan fingerprint density at radius 3 is 2.41 bits per heavy atom. The maximum absolute atomic E-state index is 12.8. The van der Waals surface area contributed by atoms with Crippen LogP contribution in [-0.2, 0) is 9.59 Å². The van der Waals surface area contributed by atoms with Crippen molar-refractivity contribution in [1.29, 1.82) is 0 Å². The second-order valence-corrected chi connectivity index (χ2v) is 7.94. The molecular weight excluding hydrogens is 386 g/mol. The van der Waals surface area contributed by atoms with Crippen molar-refractivity contribution in [2.24, 2.45) is 5.92 Å². The number of fused-ring (bicyclic) bond motifs is 1. The molecule has 1 heterocycles. The first kappa shape index (κ1) is 20.9. The van der Waals surface area contributed by atoms with Gasteiger partial charge in [-0.15, -0.1) is 0 Å². The van der Waals surface area contributed by atoms with Crippen molar-refractivity contribution in [1.82, 2.24) is 15.6 Å². The van der Waals surface area contributed by atoms with E-state index in [2.05, 4.69) is 21.7 Å². The van der Waals surface area contributed by atoms with Gasteiger partial charge >= 0.3 is 0 Å². The van der Waals surface area contributed by atoms with Gasteiger partial charge in [0.25, 0.3) is 0 Å². The number of carbonyl (C=O) groups is 2. The number of hydrogen-bond acceptors (Lipinski definition) is 2. The molecule has 0 aliphatic carbocycles. The number of halogens is 1. The molecule has 0 fully saturated rings. The Labute approximate surface area is 175 Å². The molecule has 2 amide bonds.